The summed E-state index contributed by atoms with van der Waals surface area (Å²) in [6.07, 6.45) is 6.74. The van der Waals surface area contributed by atoms with Gasteiger partial charge in [0.05, 0.1) is 11.6 Å². The molecule has 0 aliphatic heterocycles. The number of pyridine rings is 1. The average molecular weight is 255 g/mol. The van der Waals surface area contributed by atoms with Crippen molar-refractivity contribution in [1.82, 2.24) is 4.98 Å². The van der Waals surface area contributed by atoms with Gasteiger partial charge in [0.15, 0.2) is 0 Å². The Labute approximate surface area is 107 Å². The van der Waals surface area contributed by atoms with E-state index in [9.17, 15) is 5.11 Å². The van der Waals surface area contributed by atoms with E-state index < -0.39 is 0 Å². The number of hydrogen-bond acceptors (Lipinski definition) is 3. The number of nitrogens with zero attached hydrogens (tertiary/aromatic N) is 2. The zero-order valence-electron chi connectivity index (χ0n) is 10.2. The van der Waals surface area contributed by atoms with Crippen LogP contribution in [-0.4, -0.2) is 22.7 Å². The van der Waals surface area contributed by atoms with Crippen LogP contribution in [0.15, 0.2) is 12.3 Å². The van der Waals surface area contributed by atoms with Gasteiger partial charge >= 0.3 is 0 Å². The summed E-state index contributed by atoms with van der Waals surface area (Å²) in [7, 11) is 0. The number of halogens is 1. The van der Waals surface area contributed by atoms with Crippen molar-refractivity contribution in [2.24, 2.45) is 0 Å². The van der Waals surface area contributed by atoms with Gasteiger partial charge in [-0.25, -0.2) is 4.98 Å². The highest BCUT2D eigenvalue weighted by atomic mass is 35.5. The van der Waals surface area contributed by atoms with Crippen molar-refractivity contribution in [2.75, 3.05) is 11.4 Å². The van der Waals surface area contributed by atoms with E-state index >= 15 is 0 Å². The normalized spacial score (nSPS) is 16.4. The van der Waals surface area contributed by atoms with Crippen LogP contribution in [0.3, 0.4) is 0 Å². The number of rotatable bonds is 4. The largest absolute Gasteiger partial charge is 0.392 e. The van der Waals surface area contributed by atoms with E-state index in [1.165, 1.54) is 25.7 Å². The number of aliphatic hydroxyl groups excluding tert-OH is 1. The second kappa shape index (κ2) is 5.69. The molecule has 0 aromatic carbocycles. The molecule has 1 saturated carbocycles. The van der Waals surface area contributed by atoms with Gasteiger partial charge in [0.2, 0.25) is 0 Å². The minimum Gasteiger partial charge on any atom is -0.392 e. The van der Waals surface area contributed by atoms with Crippen LogP contribution >= 0.6 is 11.6 Å². The van der Waals surface area contributed by atoms with Crippen LogP contribution in [0.5, 0.6) is 0 Å². The van der Waals surface area contributed by atoms with E-state index in [2.05, 4.69) is 16.8 Å². The molecule has 0 bridgehead atoms. The molecule has 1 aliphatic carbocycles. The summed E-state index contributed by atoms with van der Waals surface area (Å²) < 4.78 is 0. The lowest BCUT2D eigenvalue weighted by Gasteiger charge is -2.29. The summed E-state index contributed by atoms with van der Waals surface area (Å²) in [4.78, 5) is 6.71. The smallest absolute Gasteiger partial charge is 0.129 e. The Balaban J connectivity index is 2.23. The lowest BCUT2D eigenvalue weighted by molar-refractivity contribution is 0.282. The third-order valence-corrected chi connectivity index (χ3v) is 3.83. The van der Waals surface area contributed by atoms with E-state index in [1.54, 1.807) is 6.20 Å². The van der Waals surface area contributed by atoms with Gasteiger partial charge in [-0.15, -0.1) is 0 Å². The highest BCUT2D eigenvalue weighted by Crippen LogP contribution is 2.28. The van der Waals surface area contributed by atoms with Crippen molar-refractivity contribution in [3.63, 3.8) is 0 Å². The maximum absolute atomic E-state index is 9.23. The van der Waals surface area contributed by atoms with Crippen LogP contribution in [0, 0.1) is 0 Å². The minimum atomic E-state index is -0.0312. The number of anilines is 1. The molecule has 4 heteroatoms. The molecule has 0 atom stereocenters. The van der Waals surface area contributed by atoms with Gasteiger partial charge in [0, 0.05) is 24.3 Å². The summed E-state index contributed by atoms with van der Waals surface area (Å²) in [5, 5.41) is 9.77. The Bertz CT molecular complexity index is 378. The standard InChI is InChI=1S/C13H19ClN2O/c1-2-16(11-5-3-4-6-11)13-7-10(9-17)12(14)8-15-13/h7-8,11,17H,2-6,9H2,1H3. The second-order valence-electron chi connectivity index (χ2n) is 4.52. The maximum atomic E-state index is 9.23. The Morgan fingerprint density at radius 3 is 2.76 bits per heavy atom. The van der Waals surface area contributed by atoms with Gasteiger partial charge < -0.3 is 10.0 Å². The van der Waals surface area contributed by atoms with E-state index in [0.29, 0.717) is 11.1 Å². The quantitative estimate of drug-likeness (QED) is 0.897. The minimum absolute atomic E-state index is 0.0312. The summed E-state index contributed by atoms with van der Waals surface area (Å²) in [6, 6.07) is 2.50. The van der Waals surface area contributed by atoms with Gasteiger partial charge in [-0.2, -0.15) is 0 Å². The molecule has 3 nitrogen and oxygen atoms in total. The molecule has 94 valence electrons. The topological polar surface area (TPSA) is 36.4 Å². The summed E-state index contributed by atoms with van der Waals surface area (Å²) >= 11 is 5.96. The predicted octanol–water partition coefficient (Wildman–Crippen LogP) is 3.00. The summed E-state index contributed by atoms with van der Waals surface area (Å²) in [6.45, 7) is 3.06. The molecular formula is C13H19ClN2O. The Morgan fingerprint density at radius 1 is 1.47 bits per heavy atom. The Kier molecular flexibility index (Phi) is 4.24. The zero-order chi connectivity index (χ0) is 12.3. The third kappa shape index (κ3) is 2.72. The monoisotopic (exact) mass is 254 g/mol. The van der Waals surface area contributed by atoms with Crippen LogP contribution in [0.4, 0.5) is 5.82 Å². The number of aromatic nitrogens is 1. The first-order valence-corrected chi connectivity index (χ1v) is 6.66. The molecule has 1 heterocycles. The van der Waals surface area contributed by atoms with Gasteiger partial charge in [-0.05, 0) is 25.8 Å². The first kappa shape index (κ1) is 12.7. The SMILES string of the molecule is CCN(c1cc(CO)c(Cl)cn1)C1CCCC1. The molecule has 1 fully saturated rings. The third-order valence-electron chi connectivity index (χ3n) is 3.49. The van der Waals surface area contributed by atoms with E-state index in [-0.39, 0.29) is 6.61 Å². The molecule has 1 N–H and O–H groups in total. The van der Waals surface area contributed by atoms with Crippen molar-refractivity contribution in [2.45, 2.75) is 45.3 Å². The van der Waals surface area contributed by atoms with Crippen LogP contribution in [0.2, 0.25) is 5.02 Å². The fraction of sp³-hybridized carbons (Fsp3) is 0.615. The van der Waals surface area contributed by atoms with Crippen molar-refractivity contribution in [1.29, 1.82) is 0 Å². The molecule has 0 unspecified atom stereocenters. The molecule has 17 heavy (non-hydrogen) atoms. The van der Waals surface area contributed by atoms with Gasteiger partial charge in [-0.1, -0.05) is 24.4 Å². The molecule has 1 aromatic heterocycles. The van der Waals surface area contributed by atoms with Gasteiger partial charge in [0.1, 0.15) is 5.82 Å². The van der Waals surface area contributed by atoms with E-state index in [0.717, 1.165) is 17.9 Å². The second-order valence-corrected chi connectivity index (χ2v) is 4.92. The van der Waals surface area contributed by atoms with E-state index in [1.807, 2.05) is 6.07 Å². The molecule has 2 rings (SSSR count). The molecular weight excluding hydrogens is 236 g/mol. The van der Waals surface area contributed by atoms with Crippen molar-refractivity contribution in [3.8, 4) is 0 Å². The molecule has 0 amide bonds. The van der Waals surface area contributed by atoms with Crippen molar-refractivity contribution < 1.29 is 5.11 Å². The molecule has 1 aliphatic rings. The fourth-order valence-electron chi connectivity index (χ4n) is 2.57. The highest BCUT2D eigenvalue weighted by Gasteiger charge is 2.22. The number of aliphatic hydroxyl groups is 1. The first-order valence-electron chi connectivity index (χ1n) is 6.28. The lowest BCUT2D eigenvalue weighted by Crippen LogP contribution is -2.33. The van der Waals surface area contributed by atoms with Gasteiger partial charge in [-0.3, -0.25) is 0 Å². The molecule has 0 radical (unpaired) electrons. The van der Waals surface area contributed by atoms with Crippen LogP contribution in [0.1, 0.15) is 38.2 Å². The highest BCUT2D eigenvalue weighted by molar-refractivity contribution is 6.31. The number of hydrogen-bond donors (Lipinski definition) is 1. The fourth-order valence-corrected chi connectivity index (χ4v) is 2.73. The summed E-state index contributed by atoms with van der Waals surface area (Å²) in [5.74, 6) is 0.938. The van der Waals surface area contributed by atoms with Crippen LogP contribution in [0.25, 0.3) is 0 Å². The van der Waals surface area contributed by atoms with Gasteiger partial charge in [0.25, 0.3) is 0 Å². The zero-order valence-corrected chi connectivity index (χ0v) is 11.0. The van der Waals surface area contributed by atoms with Crippen molar-refractivity contribution in [3.05, 3.63) is 22.8 Å². The first-order chi connectivity index (χ1) is 8.26. The maximum Gasteiger partial charge on any atom is 0.129 e. The van der Waals surface area contributed by atoms with E-state index in [4.69, 9.17) is 11.6 Å². The Hall–Kier alpha value is -0.800. The molecule has 0 saturated heterocycles. The Morgan fingerprint density at radius 2 is 2.18 bits per heavy atom. The predicted molar refractivity (Wildman–Crippen MR) is 70.4 cm³/mol. The lowest BCUT2D eigenvalue weighted by atomic mass is 10.2. The average Bonchev–Trinajstić information content (AvgIpc) is 2.86. The molecule has 1 aromatic rings. The van der Waals surface area contributed by atoms with Crippen LogP contribution in [-0.2, 0) is 6.61 Å². The van der Waals surface area contributed by atoms with Crippen molar-refractivity contribution >= 4 is 17.4 Å². The van der Waals surface area contributed by atoms with Crippen LogP contribution < -0.4 is 4.90 Å². The summed E-state index contributed by atoms with van der Waals surface area (Å²) in [5.41, 5.74) is 0.758. The molecule has 0 spiro atoms.